The SMILES string of the molecule is O=C1CCC(C(=O)N2C[C@@H]3C[C@H](C2)[C@@H]2CCC[C@H](c4cc(F)cc(F)c4)N2C3)=NN1. The van der Waals surface area contributed by atoms with Crippen LogP contribution in [0.1, 0.15) is 50.1 Å². The highest BCUT2D eigenvalue weighted by Gasteiger charge is 2.46. The lowest BCUT2D eigenvalue weighted by Crippen LogP contribution is -2.61. The first-order chi connectivity index (χ1) is 14.5. The van der Waals surface area contributed by atoms with Crippen LogP contribution < -0.4 is 5.43 Å². The molecular weight excluding hydrogens is 390 g/mol. The van der Waals surface area contributed by atoms with Crippen molar-refractivity contribution in [3.8, 4) is 0 Å². The maximum Gasteiger partial charge on any atom is 0.270 e. The quantitative estimate of drug-likeness (QED) is 0.806. The Hall–Kier alpha value is -2.35. The van der Waals surface area contributed by atoms with Gasteiger partial charge in [-0.25, -0.2) is 14.2 Å². The molecule has 0 unspecified atom stereocenters. The van der Waals surface area contributed by atoms with Gasteiger partial charge in [0.05, 0.1) is 0 Å². The predicted molar refractivity (Wildman–Crippen MR) is 106 cm³/mol. The van der Waals surface area contributed by atoms with Gasteiger partial charge in [-0.2, -0.15) is 5.10 Å². The van der Waals surface area contributed by atoms with E-state index in [4.69, 9.17) is 0 Å². The molecule has 3 fully saturated rings. The number of rotatable bonds is 2. The highest BCUT2D eigenvalue weighted by atomic mass is 19.1. The Labute approximate surface area is 174 Å². The number of carbonyl (C=O) groups is 2. The largest absolute Gasteiger partial charge is 0.337 e. The summed E-state index contributed by atoms with van der Waals surface area (Å²) in [5.41, 5.74) is 3.57. The number of hydrazone groups is 1. The first-order valence-electron chi connectivity index (χ1n) is 10.8. The number of carbonyl (C=O) groups excluding carboxylic acids is 2. The smallest absolute Gasteiger partial charge is 0.270 e. The van der Waals surface area contributed by atoms with Crippen molar-refractivity contribution in [3.63, 3.8) is 0 Å². The summed E-state index contributed by atoms with van der Waals surface area (Å²) in [7, 11) is 0. The van der Waals surface area contributed by atoms with Gasteiger partial charge in [-0.15, -0.1) is 0 Å². The van der Waals surface area contributed by atoms with E-state index in [1.54, 1.807) is 0 Å². The van der Waals surface area contributed by atoms with Crippen LogP contribution in [0.15, 0.2) is 23.3 Å². The number of nitrogens with zero attached hydrogens (tertiary/aromatic N) is 3. The molecule has 5 rings (SSSR count). The Morgan fingerprint density at radius 1 is 1.07 bits per heavy atom. The fourth-order valence-electron chi connectivity index (χ4n) is 5.91. The summed E-state index contributed by atoms with van der Waals surface area (Å²) in [6.45, 7) is 2.17. The number of piperidine rings is 3. The van der Waals surface area contributed by atoms with E-state index in [1.165, 1.54) is 12.1 Å². The normalized spacial score (nSPS) is 31.6. The highest BCUT2D eigenvalue weighted by Crippen LogP contribution is 2.44. The third kappa shape index (κ3) is 3.62. The van der Waals surface area contributed by atoms with Gasteiger partial charge in [-0.3, -0.25) is 14.5 Å². The van der Waals surface area contributed by atoms with Crippen LogP contribution in [0.4, 0.5) is 8.78 Å². The molecule has 160 valence electrons. The fraction of sp³-hybridized carbons (Fsp3) is 0.591. The maximum absolute atomic E-state index is 13.8. The molecule has 4 aliphatic rings. The topological polar surface area (TPSA) is 65.0 Å². The molecular formula is C22H26F2N4O2. The van der Waals surface area contributed by atoms with Gasteiger partial charge in [-0.05, 0) is 55.2 Å². The van der Waals surface area contributed by atoms with Crippen molar-refractivity contribution >= 4 is 17.5 Å². The summed E-state index contributed by atoms with van der Waals surface area (Å²) in [5.74, 6) is -0.594. The molecule has 8 heteroatoms. The molecule has 0 saturated carbocycles. The second kappa shape index (κ2) is 7.72. The van der Waals surface area contributed by atoms with Gasteiger partial charge in [-0.1, -0.05) is 0 Å². The monoisotopic (exact) mass is 416 g/mol. The van der Waals surface area contributed by atoms with E-state index in [-0.39, 0.29) is 17.9 Å². The molecule has 0 aliphatic carbocycles. The zero-order valence-electron chi connectivity index (χ0n) is 16.8. The summed E-state index contributed by atoms with van der Waals surface area (Å²) in [4.78, 5) is 28.6. The number of hydrogen-bond acceptors (Lipinski definition) is 4. The predicted octanol–water partition coefficient (Wildman–Crippen LogP) is 2.60. The number of fused-ring (bicyclic) bond motifs is 4. The number of amides is 2. The third-order valence-electron chi connectivity index (χ3n) is 7.09. The average Bonchev–Trinajstić information content (AvgIpc) is 2.72. The van der Waals surface area contributed by atoms with Crippen molar-refractivity contribution in [2.45, 2.75) is 50.6 Å². The molecule has 1 aromatic carbocycles. The van der Waals surface area contributed by atoms with Crippen LogP contribution in [0.5, 0.6) is 0 Å². The Kier molecular flexibility index (Phi) is 5.05. The summed E-state index contributed by atoms with van der Waals surface area (Å²) >= 11 is 0. The van der Waals surface area contributed by atoms with Gasteiger partial charge < -0.3 is 4.90 Å². The van der Waals surface area contributed by atoms with Crippen molar-refractivity contribution in [1.82, 2.24) is 15.2 Å². The number of hydrogen-bond donors (Lipinski definition) is 1. The van der Waals surface area contributed by atoms with E-state index in [0.29, 0.717) is 49.5 Å². The molecule has 6 nitrogen and oxygen atoms in total. The van der Waals surface area contributed by atoms with Crippen LogP contribution in [0.25, 0.3) is 0 Å². The Bertz CT molecular complexity index is 885. The second-order valence-corrected chi connectivity index (χ2v) is 9.08. The van der Waals surface area contributed by atoms with Gasteiger partial charge in [0.25, 0.3) is 5.91 Å². The molecule has 4 aliphatic heterocycles. The molecule has 4 atom stereocenters. The van der Waals surface area contributed by atoms with Crippen molar-refractivity contribution in [3.05, 3.63) is 35.4 Å². The van der Waals surface area contributed by atoms with Crippen LogP contribution in [-0.4, -0.2) is 53.0 Å². The number of halogens is 2. The minimum absolute atomic E-state index is 0.0273. The summed E-state index contributed by atoms with van der Waals surface area (Å²) in [5, 5.41) is 3.97. The van der Waals surface area contributed by atoms with E-state index < -0.39 is 11.6 Å². The van der Waals surface area contributed by atoms with Gasteiger partial charge in [0, 0.05) is 50.6 Å². The van der Waals surface area contributed by atoms with E-state index in [2.05, 4.69) is 15.4 Å². The minimum Gasteiger partial charge on any atom is -0.337 e. The Balaban J connectivity index is 1.34. The molecule has 0 spiro atoms. The zero-order valence-corrected chi connectivity index (χ0v) is 16.8. The molecule has 0 radical (unpaired) electrons. The van der Waals surface area contributed by atoms with Crippen molar-refractivity contribution < 1.29 is 18.4 Å². The lowest BCUT2D eigenvalue weighted by molar-refractivity contribution is -0.132. The van der Waals surface area contributed by atoms with Crippen LogP contribution >= 0.6 is 0 Å². The molecule has 1 aromatic rings. The molecule has 2 amide bonds. The molecule has 0 aromatic heterocycles. The maximum atomic E-state index is 13.8. The number of nitrogens with one attached hydrogen (secondary N) is 1. The van der Waals surface area contributed by atoms with Crippen molar-refractivity contribution in [1.29, 1.82) is 0 Å². The van der Waals surface area contributed by atoms with Crippen LogP contribution in [0.2, 0.25) is 0 Å². The van der Waals surface area contributed by atoms with Crippen molar-refractivity contribution in [2.75, 3.05) is 19.6 Å². The zero-order chi connectivity index (χ0) is 20.8. The number of benzene rings is 1. The fourth-order valence-corrected chi connectivity index (χ4v) is 5.91. The lowest BCUT2D eigenvalue weighted by Gasteiger charge is -2.55. The molecule has 1 N–H and O–H groups in total. The van der Waals surface area contributed by atoms with Crippen LogP contribution in [-0.2, 0) is 9.59 Å². The van der Waals surface area contributed by atoms with E-state index in [9.17, 15) is 18.4 Å². The first kappa shape index (κ1) is 19.6. The summed E-state index contributed by atoms with van der Waals surface area (Å²) < 4.78 is 27.7. The van der Waals surface area contributed by atoms with E-state index >= 15 is 0 Å². The van der Waals surface area contributed by atoms with Gasteiger partial charge in [0.15, 0.2) is 0 Å². The third-order valence-corrected chi connectivity index (χ3v) is 7.09. The first-order valence-corrected chi connectivity index (χ1v) is 10.8. The van der Waals surface area contributed by atoms with Gasteiger partial charge in [0.1, 0.15) is 17.3 Å². The minimum atomic E-state index is -0.526. The molecule has 30 heavy (non-hydrogen) atoms. The van der Waals surface area contributed by atoms with Gasteiger partial charge in [0.2, 0.25) is 5.91 Å². The summed E-state index contributed by atoms with van der Waals surface area (Å²) in [6, 6.07) is 4.20. The second-order valence-electron chi connectivity index (χ2n) is 9.08. The van der Waals surface area contributed by atoms with Gasteiger partial charge >= 0.3 is 0 Å². The van der Waals surface area contributed by atoms with Crippen molar-refractivity contribution in [2.24, 2.45) is 16.9 Å². The Morgan fingerprint density at radius 2 is 1.87 bits per heavy atom. The summed E-state index contributed by atoms with van der Waals surface area (Å²) in [6.07, 6.45) is 4.73. The standard InChI is InChI=1S/C22H26F2N4O2/c23-16-7-14(8-17(24)9-16)19-2-1-3-20-15-6-13(11-28(19)20)10-27(12-15)22(30)18-4-5-21(29)26-25-18/h7-9,13,15,19-20H,1-6,10-12H2,(H,26,29)/t13-,15+,19+,20-/m0/s1. The lowest BCUT2D eigenvalue weighted by atomic mass is 9.73. The van der Waals surface area contributed by atoms with E-state index in [0.717, 1.165) is 43.9 Å². The molecule has 4 heterocycles. The Morgan fingerprint density at radius 3 is 2.60 bits per heavy atom. The van der Waals surface area contributed by atoms with Crippen LogP contribution in [0.3, 0.4) is 0 Å². The average molecular weight is 416 g/mol. The number of likely N-dealkylation sites (tertiary alicyclic amines) is 1. The van der Waals surface area contributed by atoms with Crippen LogP contribution in [0, 0.1) is 23.5 Å². The molecule has 2 bridgehead atoms. The van der Waals surface area contributed by atoms with E-state index in [1.807, 2.05) is 4.90 Å². The molecule has 3 saturated heterocycles. The highest BCUT2D eigenvalue weighted by molar-refractivity contribution is 6.39.